The van der Waals surface area contributed by atoms with Crippen molar-refractivity contribution in [2.75, 3.05) is 26.3 Å². The maximum atomic E-state index is 13.4. The van der Waals surface area contributed by atoms with Gasteiger partial charge in [0.1, 0.15) is 12.5 Å². The summed E-state index contributed by atoms with van der Waals surface area (Å²) >= 11 is 2.02. The number of alkyl halides is 1. The van der Waals surface area contributed by atoms with Crippen molar-refractivity contribution in [2.24, 2.45) is 0 Å². The Bertz CT molecular complexity index is 1240. The number of nitrogens with zero attached hydrogens (tertiary/aromatic N) is 3. The lowest BCUT2D eigenvalue weighted by molar-refractivity contribution is -0.121. The number of fused-ring (bicyclic) bond motifs is 2. The van der Waals surface area contributed by atoms with Crippen LogP contribution < -0.4 is 5.32 Å². The molecule has 3 aromatic rings. The van der Waals surface area contributed by atoms with Crippen molar-refractivity contribution in [1.29, 1.82) is 0 Å². The van der Waals surface area contributed by atoms with Gasteiger partial charge in [-0.05, 0) is 55.4 Å². The molecule has 7 nitrogen and oxygen atoms in total. The number of rotatable bonds is 7. The molecule has 2 N–H and O–H groups in total. The number of nitrogens with one attached hydrogen (secondary N) is 2. The summed E-state index contributed by atoms with van der Waals surface area (Å²) in [4.78, 5) is 27.8. The fraction of sp³-hybridized carbons (Fsp3) is 0.536. The molecule has 2 fully saturated rings. The number of H-pyrrole nitrogens is 1. The fourth-order valence-electron chi connectivity index (χ4n) is 6.13. The standard InChI is InChI=1S/C28H34FN5O2S/c29-14-18-3-1-5-22-28(18)33-26(31-22)13-27(35)32-23-16-34(20-4-2-11-36-12-9-20)17-25(23)37-24-7-6-19-15-30-10-8-21(19)24/h1,3,5,8,10,15,20,23-25H,2,4,6-7,9,11-14,16-17H2,(H,31,33)(H,32,35)/t20?,23?,24?,25-/m0/s1. The number of aromatic amines is 1. The molecule has 1 aliphatic carbocycles. The third kappa shape index (κ3) is 5.40. The van der Waals surface area contributed by atoms with Crippen LogP contribution in [0.4, 0.5) is 4.39 Å². The zero-order valence-corrected chi connectivity index (χ0v) is 21.8. The van der Waals surface area contributed by atoms with Gasteiger partial charge in [0.25, 0.3) is 0 Å². The first-order valence-electron chi connectivity index (χ1n) is 13.4. The largest absolute Gasteiger partial charge is 0.381 e. The molecule has 3 aliphatic rings. The number of ether oxygens (including phenoxy) is 1. The van der Waals surface area contributed by atoms with Crippen molar-refractivity contribution in [2.45, 2.75) is 67.8 Å². The van der Waals surface area contributed by atoms with Crippen LogP contribution in [-0.4, -0.2) is 69.4 Å². The maximum absolute atomic E-state index is 13.4. The molecule has 2 aliphatic heterocycles. The van der Waals surface area contributed by atoms with E-state index in [1.165, 1.54) is 11.1 Å². The highest BCUT2D eigenvalue weighted by Gasteiger charge is 2.40. The monoisotopic (exact) mass is 523 g/mol. The highest BCUT2D eigenvalue weighted by Crippen LogP contribution is 2.45. The van der Waals surface area contributed by atoms with Crippen LogP contribution in [0.2, 0.25) is 0 Å². The second kappa shape index (κ2) is 11.1. The van der Waals surface area contributed by atoms with Crippen LogP contribution in [0, 0.1) is 0 Å². The summed E-state index contributed by atoms with van der Waals surface area (Å²) in [6, 6.07) is 8.15. The van der Waals surface area contributed by atoms with E-state index in [9.17, 15) is 9.18 Å². The van der Waals surface area contributed by atoms with E-state index in [2.05, 4.69) is 31.2 Å². The predicted octanol–water partition coefficient (Wildman–Crippen LogP) is 4.13. The van der Waals surface area contributed by atoms with Crippen molar-refractivity contribution in [3.05, 3.63) is 59.2 Å². The summed E-state index contributed by atoms with van der Waals surface area (Å²) in [5.41, 5.74) is 4.68. The van der Waals surface area contributed by atoms with Crippen LogP contribution in [0.1, 0.15) is 53.4 Å². The zero-order valence-electron chi connectivity index (χ0n) is 21.0. The van der Waals surface area contributed by atoms with E-state index < -0.39 is 6.67 Å². The molecule has 37 heavy (non-hydrogen) atoms. The van der Waals surface area contributed by atoms with Gasteiger partial charge in [-0.25, -0.2) is 9.37 Å². The Kier molecular flexibility index (Phi) is 7.44. The highest BCUT2D eigenvalue weighted by molar-refractivity contribution is 8.00. The first kappa shape index (κ1) is 24.8. The number of aromatic nitrogens is 3. The topological polar surface area (TPSA) is 83.1 Å². The number of para-hydroxylation sites is 1. The normalized spacial score (nSPS) is 26.3. The van der Waals surface area contributed by atoms with Gasteiger partial charge in [0.15, 0.2) is 0 Å². The zero-order chi connectivity index (χ0) is 25.2. The van der Waals surface area contributed by atoms with E-state index in [1.807, 2.05) is 36.3 Å². The molecule has 3 unspecified atom stereocenters. The molecule has 0 saturated carbocycles. The molecule has 1 aromatic carbocycles. The van der Waals surface area contributed by atoms with Gasteiger partial charge in [0.05, 0.1) is 23.5 Å². The van der Waals surface area contributed by atoms with Crippen LogP contribution in [-0.2, 0) is 29.0 Å². The van der Waals surface area contributed by atoms with Gasteiger partial charge in [0, 0.05) is 60.8 Å². The highest BCUT2D eigenvalue weighted by atomic mass is 32.2. The summed E-state index contributed by atoms with van der Waals surface area (Å²) in [6.07, 6.45) is 9.53. The minimum absolute atomic E-state index is 0.0430. The number of imidazole rings is 1. The number of amides is 1. The molecular formula is C28H34FN5O2S. The van der Waals surface area contributed by atoms with Crippen LogP contribution in [0.3, 0.4) is 0 Å². The molecule has 0 bridgehead atoms. The lowest BCUT2D eigenvalue weighted by atomic mass is 10.1. The van der Waals surface area contributed by atoms with Crippen LogP contribution in [0.5, 0.6) is 0 Å². The Morgan fingerprint density at radius 1 is 1.22 bits per heavy atom. The van der Waals surface area contributed by atoms with Gasteiger partial charge in [0.2, 0.25) is 5.91 Å². The van der Waals surface area contributed by atoms with Crippen LogP contribution >= 0.6 is 11.8 Å². The van der Waals surface area contributed by atoms with Crippen molar-refractivity contribution >= 4 is 28.7 Å². The van der Waals surface area contributed by atoms with E-state index in [0.717, 1.165) is 63.9 Å². The predicted molar refractivity (Wildman–Crippen MR) is 143 cm³/mol. The maximum Gasteiger partial charge on any atom is 0.227 e. The number of carbonyl (C=O) groups excluding carboxylic acids is 1. The molecule has 0 spiro atoms. The van der Waals surface area contributed by atoms with E-state index in [0.29, 0.717) is 33.4 Å². The molecule has 2 aromatic heterocycles. The van der Waals surface area contributed by atoms with Gasteiger partial charge in [-0.2, -0.15) is 0 Å². The number of aryl methyl sites for hydroxylation is 1. The van der Waals surface area contributed by atoms with Crippen molar-refractivity contribution in [3.63, 3.8) is 0 Å². The number of hydrogen-bond acceptors (Lipinski definition) is 6. The molecule has 9 heteroatoms. The average Bonchev–Trinajstić information content (AvgIpc) is 3.55. The number of thioether (sulfide) groups is 1. The first-order valence-corrected chi connectivity index (χ1v) is 14.3. The Hall–Kier alpha value is -2.49. The van der Waals surface area contributed by atoms with Crippen LogP contribution in [0.25, 0.3) is 11.0 Å². The molecule has 0 radical (unpaired) electrons. The summed E-state index contributed by atoms with van der Waals surface area (Å²) in [6.45, 7) is 2.91. The third-order valence-corrected chi connectivity index (χ3v) is 9.64. The molecule has 4 heterocycles. The first-order chi connectivity index (χ1) is 18.2. The summed E-state index contributed by atoms with van der Waals surface area (Å²) in [7, 11) is 0. The lowest BCUT2D eigenvalue weighted by Gasteiger charge is -2.26. The minimum atomic E-state index is -0.572. The van der Waals surface area contributed by atoms with Crippen molar-refractivity contribution < 1.29 is 13.9 Å². The Balaban J connectivity index is 1.17. The van der Waals surface area contributed by atoms with Gasteiger partial charge in [-0.15, -0.1) is 11.8 Å². The second-order valence-corrected chi connectivity index (χ2v) is 11.9. The molecule has 1 amide bonds. The van der Waals surface area contributed by atoms with Crippen molar-refractivity contribution in [3.8, 4) is 0 Å². The van der Waals surface area contributed by atoms with Gasteiger partial charge >= 0.3 is 0 Å². The summed E-state index contributed by atoms with van der Waals surface area (Å²) in [5.74, 6) is 0.532. The van der Waals surface area contributed by atoms with Crippen LogP contribution in [0.15, 0.2) is 36.7 Å². The van der Waals surface area contributed by atoms with E-state index in [-0.39, 0.29) is 18.4 Å². The quantitative estimate of drug-likeness (QED) is 0.485. The van der Waals surface area contributed by atoms with Crippen molar-refractivity contribution in [1.82, 2.24) is 25.2 Å². The molecule has 2 saturated heterocycles. The van der Waals surface area contributed by atoms with Gasteiger partial charge in [-0.1, -0.05) is 12.1 Å². The van der Waals surface area contributed by atoms with Gasteiger partial charge < -0.3 is 15.0 Å². The van der Waals surface area contributed by atoms with Gasteiger partial charge in [-0.3, -0.25) is 14.7 Å². The fourth-order valence-corrected chi connectivity index (χ4v) is 7.80. The molecule has 4 atom stereocenters. The lowest BCUT2D eigenvalue weighted by Crippen LogP contribution is -2.43. The Morgan fingerprint density at radius 3 is 3.08 bits per heavy atom. The minimum Gasteiger partial charge on any atom is -0.381 e. The molecule has 196 valence electrons. The number of pyridine rings is 1. The Labute approximate surface area is 221 Å². The average molecular weight is 524 g/mol. The third-order valence-electron chi connectivity index (χ3n) is 8.00. The number of halogens is 1. The summed E-state index contributed by atoms with van der Waals surface area (Å²) in [5, 5.41) is 4.10. The van der Waals surface area contributed by atoms with E-state index in [1.54, 1.807) is 6.07 Å². The number of likely N-dealkylation sites (tertiary alicyclic amines) is 1. The smallest absolute Gasteiger partial charge is 0.227 e. The Morgan fingerprint density at radius 2 is 2.16 bits per heavy atom. The summed E-state index contributed by atoms with van der Waals surface area (Å²) < 4.78 is 19.1. The SMILES string of the molecule is O=C(Cc1nc2c(CF)cccc2[nH]1)NC1CN(C2CCCOCC2)C[C@@H]1SC1CCc2cnccc21. The molecule has 6 rings (SSSR count). The molecular weight excluding hydrogens is 489 g/mol. The van der Waals surface area contributed by atoms with E-state index in [4.69, 9.17) is 4.74 Å². The number of benzene rings is 1. The second-order valence-electron chi connectivity index (χ2n) is 10.4. The number of hydrogen-bond donors (Lipinski definition) is 2. The number of carbonyl (C=O) groups is 1. The van der Waals surface area contributed by atoms with E-state index >= 15 is 0 Å².